The van der Waals surface area contributed by atoms with Crippen LogP contribution in [0, 0.1) is 0 Å². The molecular formula is C25H18N2OS2. The lowest BCUT2D eigenvalue weighted by atomic mass is 9.85. The second-order valence-corrected chi connectivity index (χ2v) is 9.53. The summed E-state index contributed by atoms with van der Waals surface area (Å²) in [5, 5.41) is 2.09. The van der Waals surface area contributed by atoms with Gasteiger partial charge in [0, 0.05) is 10.4 Å². The Hall–Kier alpha value is -3.02. The highest BCUT2D eigenvalue weighted by molar-refractivity contribution is 7.10. The minimum atomic E-state index is -0.0671. The van der Waals surface area contributed by atoms with Crippen LogP contribution in [-0.4, -0.2) is 4.57 Å². The fraction of sp³-hybridized carbons (Fsp3) is 0.120. The molecule has 1 aliphatic heterocycles. The van der Waals surface area contributed by atoms with E-state index < -0.39 is 0 Å². The predicted octanol–water partition coefficient (Wildman–Crippen LogP) is 4.38. The highest BCUT2D eigenvalue weighted by atomic mass is 32.1. The third kappa shape index (κ3) is 2.77. The average Bonchev–Trinajstić information content (AvgIpc) is 3.42. The number of nitrogens with zero attached hydrogens (tertiary/aromatic N) is 2. The molecule has 0 spiro atoms. The highest BCUT2D eigenvalue weighted by Crippen LogP contribution is 2.42. The first kappa shape index (κ1) is 17.8. The molecule has 1 atom stereocenters. The Morgan fingerprint density at radius 2 is 1.80 bits per heavy atom. The summed E-state index contributed by atoms with van der Waals surface area (Å²) in [4.78, 5) is 20.5. The van der Waals surface area contributed by atoms with Gasteiger partial charge in [0.2, 0.25) is 0 Å². The zero-order chi connectivity index (χ0) is 20.1. The number of benzene rings is 2. The van der Waals surface area contributed by atoms with Gasteiger partial charge in [-0.1, -0.05) is 72.0 Å². The van der Waals surface area contributed by atoms with E-state index in [1.165, 1.54) is 32.9 Å². The molecule has 2 aliphatic rings. The maximum absolute atomic E-state index is 13.5. The normalized spacial score (nSPS) is 17.9. The van der Waals surface area contributed by atoms with Crippen LogP contribution in [0.1, 0.15) is 34.0 Å². The van der Waals surface area contributed by atoms with Gasteiger partial charge in [-0.05, 0) is 47.1 Å². The first-order valence-electron chi connectivity index (χ1n) is 10.0. The van der Waals surface area contributed by atoms with Crippen molar-refractivity contribution in [3.8, 4) is 0 Å². The van der Waals surface area contributed by atoms with Crippen LogP contribution in [0.5, 0.6) is 0 Å². The molecule has 4 aromatic rings. The number of aryl methyl sites for hydroxylation is 1. The van der Waals surface area contributed by atoms with Gasteiger partial charge >= 0.3 is 0 Å². The van der Waals surface area contributed by atoms with Crippen LogP contribution in [0.3, 0.4) is 0 Å². The van der Waals surface area contributed by atoms with Gasteiger partial charge in [0.1, 0.15) is 0 Å². The van der Waals surface area contributed by atoms with Crippen molar-refractivity contribution in [2.75, 3.05) is 0 Å². The number of fused-ring (bicyclic) bond motifs is 3. The summed E-state index contributed by atoms with van der Waals surface area (Å²) in [5.41, 5.74) is 5.95. The standard InChI is InChI=1S/C25H18N2OS2/c28-24-21(15-16-7-2-1-3-8-16)30-25-26-22-18-10-5-4-9-17(18)12-13-19(22)23(27(24)25)20-11-6-14-29-20/h1-11,14-15,23H,12-13H2. The van der Waals surface area contributed by atoms with Crippen molar-refractivity contribution in [3.63, 3.8) is 0 Å². The van der Waals surface area contributed by atoms with Crippen LogP contribution in [0.15, 0.2) is 87.5 Å². The summed E-state index contributed by atoms with van der Waals surface area (Å²) >= 11 is 3.20. The molecule has 0 N–H and O–H groups in total. The van der Waals surface area contributed by atoms with E-state index in [2.05, 4.69) is 41.8 Å². The lowest BCUT2D eigenvalue weighted by Crippen LogP contribution is -2.38. The Bertz CT molecular complexity index is 1460. The van der Waals surface area contributed by atoms with Gasteiger partial charge in [0.25, 0.3) is 5.56 Å². The number of hydrogen-bond acceptors (Lipinski definition) is 4. The van der Waals surface area contributed by atoms with Crippen LogP contribution in [0.4, 0.5) is 0 Å². The summed E-state index contributed by atoms with van der Waals surface area (Å²) in [6.07, 6.45) is 3.90. The molecule has 0 saturated heterocycles. The van der Waals surface area contributed by atoms with E-state index in [1.807, 2.05) is 41.0 Å². The van der Waals surface area contributed by atoms with Crippen LogP contribution >= 0.6 is 22.7 Å². The molecular weight excluding hydrogens is 408 g/mol. The Morgan fingerprint density at radius 1 is 0.967 bits per heavy atom. The van der Waals surface area contributed by atoms with Gasteiger partial charge in [-0.3, -0.25) is 9.36 Å². The maximum Gasteiger partial charge on any atom is 0.271 e. The van der Waals surface area contributed by atoms with Crippen molar-refractivity contribution in [2.24, 2.45) is 4.99 Å². The number of rotatable bonds is 2. The molecule has 2 aromatic carbocycles. The quantitative estimate of drug-likeness (QED) is 0.468. The molecule has 3 nitrogen and oxygen atoms in total. The van der Waals surface area contributed by atoms with Gasteiger partial charge in [0.05, 0.1) is 16.3 Å². The molecule has 1 aliphatic carbocycles. The monoisotopic (exact) mass is 426 g/mol. The zero-order valence-electron chi connectivity index (χ0n) is 16.1. The van der Waals surface area contributed by atoms with E-state index in [0.29, 0.717) is 0 Å². The van der Waals surface area contributed by atoms with E-state index in [0.717, 1.165) is 33.4 Å². The van der Waals surface area contributed by atoms with Crippen molar-refractivity contribution in [3.05, 3.63) is 119 Å². The third-order valence-electron chi connectivity index (χ3n) is 5.78. The summed E-state index contributed by atoms with van der Waals surface area (Å²) in [6, 6.07) is 22.7. The summed E-state index contributed by atoms with van der Waals surface area (Å²) in [7, 11) is 0. The number of hydrogen-bond donors (Lipinski definition) is 0. The molecule has 5 heteroatoms. The van der Waals surface area contributed by atoms with Crippen molar-refractivity contribution in [1.29, 1.82) is 0 Å². The first-order valence-corrected chi connectivity index (χ1v) is 11.7. The van der Waals surface area contributed by atoms with Crippen molar-refractivity contribution < 1.29 is 0 Å². The molecule has 0 radical (unpaired) electrons. The molecule has 30 heavy (non-hydrogen) atoms. The largest absolute Gasteiger partial charge is 0.271 e. The average molecular weight is 427 g/mol. The fourth-order valence-corrected chi connectivity index (χ4v) is 6.27. The number of allylic oxidation sites excluding steroid dienone is 1. The van der Waals surface area contributed by atoms with E-state index in [9.17, 15) is 4.79 Å². The summed E-state index contributed by atoms with van der Waals surface area (Å²) in [5.74, 6) is 0. The Kier molecular flexibility index (Phi) is 4.18. The van der Waals surface area contributed by atoms with Crippen LogP contribution in [0.2, 0.25) is 0 Å². The van der Waals surface area contributed by atoms with E-state index >= 15 is 0 Å². The zero-order valence-corrected chi connectivity index (χ0v) is 17.7. The Labute approximate surface area is 181 Å². The van der Waals surface area contributed by atoms with Gasteiger partial charge in [0.15, 0.2) is 4.80 Å². The minimum Gasteiger partial charge on any atom is -0.271 e. The predicted molar refractivity (Wildman–Crippen MR) is 124 cm³/mol. The van der Waals surface area contributed by atoms with E-state index in [4.69, 9.17) is 4.99 Å². The number of thiophene rings is 1. The molecule has 146 valence electrons. The molecule has 6 rings (SSSR count). The topological polar surface area (TPSA) is 34.4 Å². The summed E-state index contributed by atoms with van der Waals surface area (Å²) in [6.45, 7) is 0. The van der Waals surface area contributed by atoms with E-state index in [-0.39, 0.29) is 11.6 Å². The number of aromatic nitrogens is 1. The molecule has 0 fully saturated rings. The smallest absolute Gasteiger partial charge is 0.271 e. The molecule has 1 unspecified atom stereocenters. The molecule has 0 saturated carbocycles. The first-order chi connectivity index (χ1) is 14.8. The molecule has 2 aromatic heterocycles. The second-order valence-electron chi connectivity index (χ2n) is 7.54. The van der Waals surface area contributed by atoms with Crippen molar-refractivity contribution >= 4 is 34.4 Å². The molecule has 0 bridgehead atoms. The molecule has 3 heterocycles. The Balaban J connectivity index is 1.64. The summed E-state index contributed by atoms with van der Waals surface area (Å²) < 4.78 is 2.65. The van der Waals surface area contributed by atoms with Crippen LogP contribution in [-0.2, 0) is 6.42 Å². The van der Waals surface area contributed by atoms with Gasteiger partial charge in [-0.15, -0.1) is 11.3 Å². The minimum absolute atomic E-state index is 0.0476. The Morgan fingerprint density at radius 3 is 2.63 bits per heavy atom. The van der Waals surface area contributed by atoms with Crippen molar-refractivity contribution in [2.45, 2.75) is 18.9 Å². The van der Waals surface area contributed by atoms with Gasteiger partial charge in [-0.25, -0.2) is 4.99 Å². The van der Waals surface area contributed by atoms with Gasteiger partial charge < -0.3 is 0 Å². The molecule has 0 amide bonds. The van der Waals surface area contributed by atoms with Crippen LogP contribution in [0.25, 0.3) is 11.8 Å². The second kappa shape index (κ2) is 7.04. The highest BCUT2D eigenvalue weighted by Gasteiger charge is 2.32. The van der Waals surface area contributed by atoms with Gasteiger partial charge in [-0.2, -0.15) is 0 Å². The SMILES string of the molecule is O=c1c(=Cc2ccccc2)sc2n1C(c1cccs1)C1=C(N=2)c2ccccc2CC1. The fourth-order valence-electron chi connectivity index (χ4n) is 4.42. The van der Waals surface area contributed by atoms with Crippen LogP contribution < -0.4 is 14.9 Å². The maximum atomic E-state index is 13.5. The third-order valence-corrected chi connectivity index (χ3v) is 7.69. The lowest BCUT2D eigenvalue weighted by molar-refractivity contribution is 0.593. The van der Waals surface area contributed by atoms with Crippen molar-refractivity contribution in [1.82, 2.24) is 4.57 Å². The van der Waals surface area contributed by atoms with E-state index in [1.54, 1.807) is 11.3 Å². The number of thiazole rings is 1. The lowest BCUT2D eigenvalue weighted by Gasteiger charge is -2.30.